The Morgan fingerprint density at radius 3 is 2.19 bits per heavy atom. The van der Waals surface area contributed by atoms with Gasteiger partial charge in [0.15, 0.2) is 0 Å². The van der Waals surface area contributed by atoms with Crippen molar-refractivity contribution in [3.05, 3.63) is 24.3 Å². The molecule has 0 radical (unpaired) electrons. The molecule has 0 spiro atoms. The monoisotopic (exact) mass is 242 g/mol. The number of nitrogens with one attached hydrogen (secondary N) is 1. The summed E-state index contributed by atoms with van der Waals surface area (Å²) in [5, 5.41) is 3.12. The lowest BCUT2D eigenvalue weighted by Crippen LogP contribution is -2.26. The van der Waals surface area contributed by atoms with Gasteiger partial charge in [-0.3, -0.25) is 0 Å². The molecule has 5 heteroatoms. The van der Waals surface area contributed by atoms with Crippen LogP contribution >= 0.6 is 0 Å². The van der Waals surface area contributed by atoms with Crippen LogP contribution in [0.4, 0.5) is 5.69 Å². The molecule has 0 fully saturated rings. The molecule has 0 bridgehead atoms. The second-order valence-corrected chi connectivity index (χ2v) is 5.52. The van der Waals surface area contributed by atoms with E-state index < -0.39 is 10.0 Å². The molecule has 4 nitrogen and oxygen atoms in total. The average Bonchev–Trinajstić information content (AvgIpc) is 2.29. The number of anilines is 1. The second-order valence-electron chi connectivity index (χ2n) is 3.47. The molecule has 0 aliphatic rings. The molecule has 1 N–H and O–H groups in total. The smallest absolute Gasteiger partial charge is 0.242 e. The van der Waals surface area contributed by atoms with E-state index in [0.717, 1.165) is 12.2 Å². The summed E-state index contributed by atoms with van der Waals surface area (Å²) in [5.41, 5.74) is 0.931. The van der Waals surface area contributed by atoms with E-state index in [1.807, 2.05) is 13.8 Å². The van der Waals surface area contributed by atoms with Crippen molar-refractivity contribution in [3.63, 3.8) is 0 Å². The molecule has 1 aromatic carbocycles. The van der Waals surface area contributed by atoms with Crippen molar-refractivity contribution in [1.29, 1.82) is 0 Å². The lowest BCUT2D eigenvalue weighted by atomic mass is 10.3. The third-order valence-electron chi connectivity index (χ3n) is 2.39. The molecule has 1 rings (SSSR count). The number of hydrogen-bond acceptors (Lipinski definition) is 3. The Kier molecular flexibility index (Phi) is 4.32. The lowest BCUT2D eigenvalue weighted by molar-refractivity contribution is 0.486. The first-order valence-corrected chi connectivity index (χ1v) is 6.76. The fourth-order valence-electron chi connectivity index (χ4n) is 1.30. The Balaban J connectivity index is 2.97. The third kappa shape index (κ3) is 2.74. The van der Waals surface area contributed by atoms with Crippen LogP contribution in [0.1, 0.15) is 13.8 Å². The van der Waals surface area contributed by atoms with Crippen LogP contribution in [0.2, 0.25) is 0 Å². The molecule has 0 saturated carbocycles. The van der Waals surface area contributed by atoms with Crippen molar-refractivity contribution >= 4 is 15.7 Å². The van der Waals surface area contributed by atoms with Gasteiger partial charge < -0.3 is 5.32 Å². The molecule has 0 aromatic heterocycles. The fourth-order valence-corrected chi connectivity index (χ4v) is 2.48. The van der Waals surface area contributed by atoms with Crippen LogP contribution in [0, 0.1) is 0 Å². The molecule has 0 saturated heterocycles. The zero-order valence-electron chi connectivity index (χ0n) is 9.90. The minimum absolute atomic E-state index is 0.332. The maximum Gasteiger partial charge on any atom is 0.242 e. The van der Waals surface area contributed by atoms with Crippen molar-refractivity contribution in [1.82, 2.24) is 4.31 Å². The van der Waals surface area contributed by atoms with Gasteiger partial charge in [-0.1, -0.05) is 6.92 Å². The summed E-state index contributed by atoms with van der Waals surface area (Å²) < 4.78 is 25.2. The fraction of sp³-hybridized carbons (Fsp3) is 0.455. The topological polar surface area (TPSA) is 49.4 Å². The van der Waals surface area contributed by atoms with Gasteiger partial charge in [0.25, 0.3) is 0 Å². The molecule has 16 heavy (non-hydrogen) atoms. The van der Waals surface area contributed by atoms with Crippen LogP contribution in [0.3, 0.4) is 0 Å². The van der Waals surface area contributed by atoms with Crippen molar-refractivity contribution in [3.8, 4) is 0 Å². The van der Waals surface area contributed by atoms with E-state index in [1.54, 1.807) is 31.3 Å². The predicted molar refractivity (Wildman–Crippen MR) is 66.1 cm³/mol. The van der Waals surface area contributed by atoms with Gasteiger partial charge in [0.05, 0.1) is 4.90 Å². The Bertz CT molecular complexity index is 426. The standard InChI is InChI=1S/C11H18N2O2S/c1-4-12-10-6-8-11(9-7-10)16(14,15)13(3)5-2/h6-9,12H,4-5H2,1-3H3. The predicted octanol–water partition coefficient (Wildman–Crippen LogP) is 1.76. The Morgan fingerprint density at radius 1 is 1.19 bits per heavy atom. The van der Waals surface area contributed by atoms with Gasteiger partial charge in [-0.2, -0.15) is 0 Å². The highest BCUT2D eigenvalue weighted by atomic mass is 32.2. The molecular formula is C11H18N2O2S. The Morgan fingerprint density at radius 2 is 1.75 bits per heavy atom. The maximum absolute atomic E-state index is 11.9. The van der Waals surface area contributed by atoms with Crippen molar-refractivity contribution < 1.29 is 8.42 Å². The summed E-state index contributed by atoms with van der Waals surface area (Å²) in [5.74, 6) is 0. The normalized spacial score (nSPS) is 11.8. The van der Waals surface area contributed by atoms with E-state index in [2.05, 4.69) is 5.32 Å². The maximum atomic E-state index is 11.9. The molecule has 0 heterocycles. The van der Waals surface area contributed by atoms with Gasteiger partial charge in [0.1, 0.15) is 0 Å². The number of sulfonamides is 1. The van der Waals surface area contributed by atoms with Crippen LogP contribution < -0.4 is 5.32 Å². The SMILES string of the molecule is CCNc1ccc(S(=O)(=O)N(C)CC)cc1. The van der Waals surface area contributed by atoms with E-state index in [0.29, 0.717) is 11.4 Å². The molecule has 0 atom stereocenters. The van der Waals surface area contributed by atoms with E-state index in [4.69, 9.17) is 0 Å². The first kappa shape index (κ1) is 13.0. The summed E-state index contributed by atoms with van der Waals surface area (Å²) in [6, 6.07) is 6.80. The molecule has 0 aliphatic heterocycles. The van der Waals surface area contributed by atoms with Crippen molar-refractivity contribution in [2.24, 2.45) is 0 Å². The van der Waals surface area contributed by atoms with Gasteiger partial charge >= 0.3 is 0 Å². The summed E-state index contributed by atoms with van der Waals surface area (Å²) in [4.78, 5) is 0.332. The number of rotatable bonds is 5. The summed E-state index contributed by atoms with van der Waals surface area (Å²) in [6.07, 6.45) is 0. The first-order chi connectivity index (χ1) is 7.52. The van der Waals surface area contributed by atoms with Gasteiger partial charge in [0.2, 0.25) is 10.0 Å². The third-order valence-corrected chi connectivity index (χ3v) is 4.34. The van der Waals surface area contributed by atoms with E-state index in [1.165, 1.54) is 4.31 Å². The van der Waals surface area contributed by atoms with Gasteiger partial charge in [-0.15, -0.1) is 0 Å². The van der Waals surface area contributed by atoms with Crippen molar-refractivity contribution in [2.75, 3.05) is 25.5 Å². The van der Waals surface area contributed by atoms with Gasteiger partial charge in [-0.25, -0.2) is 12.7 Å². The second kappa shape index (κ2) is 5.32. The number of hydrogen-bond donors (Lipinski definition) is 1. The molecule has 0 unspecified atom stereocenters. The van der Waals surface area contributed by atoms with E-state index in [9.17, 15) is 8.42 Å². The van der Waals surface area contributed by atoms with Crippen molar-refractivity contribution in [2.45, 2.75) is 18.7 Å². The lowest BCUT2D eigenvalue weighted by Gasteiger charge is -2.15. The zero-order valence-corrected chi connectivity index (χ0v) is 10.7. The zero-order chi connectivity index (χ0) is 12.2. The molecule has 0 aliphatic carbocycles. The molecule has 1 aromatic rings. The van der Waals surface area contributed by atoms with Crippen LogP contribution in [0.15, 0.2) is 29.2 Å². The minimum Gasteiger partial charge on any atom is -0.385 e. The van der Waals surface area contributed by atoms with E-state index in [-0.39, 0.29) is 0 Å². The first-order valence-electron chi connectivity index (χ1n) is 5.32. The quantitative estimate of drug-likeness (QED) is 0.856. The number of benzene rings is 1. The van der Waals surface area contributed by atoms with Gasteiger partial charge in [0, 0.05) is 25.8 Å². The van der Waals surface area contributed by atoms with E-state index >= 15 is 0 Å². The Labute approximate surface area is 97.3 Å². The number of nitrogens with zero attached hydrogens (tertiary/aromatic N) is 1. The average molecular weight is 242 g/mol. The summed E-state index contributed by atoms with van der Waals surface area (Å²) >= 11 is 0. The minimum atomic E-state index is -3.32. The van der Waals surface area contributed by atoms with Gasteiger partial charge in [-0.05, 0) is 31.2 Å². The molecular weight excluding hydrogens is 224 g/mol. The summed E-state index contributed by atoms with van der Waals surface area (Å²) in [6.45, 7) is 5.10. The summed E-state index contributed by atoms with van der Waals surface area (Å²) in [7, 11) is -1.74. The highest BCUT2D eigenvalue weighted by Gasteiger charge is 2.18. The van der Waals surface area contributed by atoms with Crippen LogP contribution in [-0.2, 0) is 10.0 Å². The largest absolute Gasteiger partial charge is 0.385 e. The van der Waals surface area contributed by atoms with Crippen LogP contribution in [-0.4, -0.2) is 32.9 Å². The van der Waals surface area contributed by atoms with Crippen LogP contribution in [0.25, 0.3) is 0 Å². The molecule has 90 valence electrons. The Hall–Kier alpha value is -1.07. The molecule has 0 amide bonds. The highest BCUT2D eigenvalue weighted by molar-refractivity contribution is 7.89. The highest BCUT2D eigenvalue weighted by Crippen LogP contribution is 2.16. The van der Waals surface area contributed by atoms with Crippen LogP contribution in [0.5, 0.6) is 0 Å².